The van der Waals surface area contributed by atoms with Gasteiger partial charge >= 0.3 is 0 Å². The van der Waals surface area contributed by atoms with Crippen molar-refractivity contribution in [2.75, 3.05) is 0 Å². The number of ketones is 2. The molecule has 0 N–H and O–H groups in total. The van der Waals surface area contributed by atoms with Crippen LogP contribution < -0.4 is 0 Å². The van der Waals surface area contributed by atoms with Gasteiger partial charge < -0.3 is 0 Å². The Labute approximate surface area is 124 Å². The van der Waals surface area contributed by atoms with E-state index in [0.29, 0.717) is 6.42 Å². The average Bonchev–Trinajstić information content (AvgIpc) is 2.74. The van der Waals surface area contributed by atoms with E-state index in [1.165, 1.54) is 0 Å². The number of hydrogen-bond acceptors (Lipinski definition) is 2. The molecular weight excluding hydrogens is 260 g/mol. The van der Waals surface area contributed by atoms with Crippen LogP contribution in [-0.2, 0) is 4.79 Å². The zero-order valence-electron chi connectivity index (χ0n) is 11.9. The second kappa shape index (κ2) is 5.49. The van der Waals surface area contributed by atoms with Gasteiger partial charge in [0, 0.05) is 23.5 Å². The number of allylic oxidation sites excluding steroid dienone is 1. The summed E-state index contributed by atoms with van der Waals surface area (Å²) in [7, 11) is 0. The van der Waals surface area contributed by atoms with Gasteiger partial charge in [0.2, 0.25) is 0 Å². The van der Waals surface area contributed by atoms with E-state index in [0.717, 1.165) is 22.3 Å². The summed E-state index contributed by atoms with van der Waals surface area (Å²) in [6.45, 7) is 1.57. The maximum Gasteiger partial charge on any atom is 0.189 e. The Balaban J connectivity index is 2.09. The molecule has 0 heterocycles. The van der Waals surface area contributed by atoms with Crippen LogP contribution in [0.5, 0.6) is 0 Å². The Hall–Kier alpha value is -2.48. The molecule has 0 bridgehead atoms. The molecule has 104 valence electrons. The van der Waals surface area contributed by atoms with Gasteiger partial charge in [-0.3, -0.25) is 9.59 Å². The molecule has 0 unspecified atom stereocenters. The molecule has 3 rings (SSSR count). The molecule has 1 aliphatic rings. The predicted octanol–water partition coefficient (Wildman–Crippen LogP) is 4.03. The van der Waals surface area contributed by atoms with E-state index in [4.69, 9.17) is 0 Å². The lowest BCUT2D eigenvalue weighted by Gasteiger charge is -2.10. The van der Waals surface area contributed by atoms with Crippen LogP contribution in [0.1, 0.15) is 40.7 Å². The van der Waals surface area contributed by atoms with Crippen molar-refractivity contribution in [2.24, 2.45) is 0 Å². The van der Waals surface area contributed by atoms with Crippen LogP contribution in [0.3, 0.4) is 0 Å². The van der Waals surface area contributed by atoms with Gasteiger partial charge in [-0.2, -0.15) is 0 Å². The number of rotatable bonds is 3. The van der Waals surface area contributed by atoms with Crippen molar-refractivity contribution in [3.05, 3.63) is 76.9 Å². The maximum absolute atomic E-state index is 12.6. The van der Waals surface area contributed by atoms with Gasteiger partial charge in [0.25, 0.3) is 0 Å². The van der Waals surface area contributed by atoms with Crippen LogP contribution in [0.25, 0.3) is 6.08 Å². The Morgan fingerprint density at radius 1 is 1.05 bits per heavy atom. The number of benzene rings is 2. The monoisotopic (exact) mass is 276 g/mol. The summed E-state index contributed by atoms with van der Waals surface area (Å²) in [6.07, 6.45) is 2.29. The van der Waals surface area contributed by atoms with Gasteiger partial charge in [-0.15, -0.1) is 0 Å². The summed E-state index contributed by atoms with van der Waals surface area (Å²) in [6, 6.07) is 17.3. The van der Waals surface area contributed by atoms with Gasteiger partial charge in [0.05, 0.1) is 0 Å². The molecule has 0 fully saturated rings. The normalized spacial score (nSPS) is 18.8. The lowest BCUT2D eigenvalue weighted by atomic mass is 9.91. The topological polar surface area (TPSA) is 34.1 Å². The van der Waals surface area contributed by atoms with Crippen LogP contribution in [0, 0.1) is 0 Å². The van der Waals surface area contributed by atoms with E-state index >= 15 is 0 Å². The van der Waals surface area contributed by atoms with Crippen molar-refractivity contribution in [1.29, 1.82) is 0 Å². The zero-order chi connectivity index (χ0) is 14.8. The first-order chi connectivity index (χ1) is 10.2. The fraction of sp³-hybridized carbons (Fsp3) is 0.158. The Kier molecular flexibility index (Phi) is 3.53. The quantitative estimate of drug-likeness (QED) is 0.793. The lowest BCUT2D eigenvalue weighted by molar-refractivity contribution is -0.117. The number of fused-ring (bicyclic) bond motifs is 1. The van der Waals surface area contributed by atoms with Crippen molar-refractivity contribution in [1.82, 2.24) is 0 Å². The van der Waals surface area contributed by atoms with Gasteiger partial charge in [-0.25, -0.2) is 0 Å². The van der Waals surface area contributed by atoms with Crippen molar-refractivity contribution in [2.45, 2.75) is 19.3 Å². The van der Waals surface area contributed by atoms with Crippen molar-refractivity contribution < 1.29 is 9.59 Å². The SMILES string of the molecule is CC(=O)C[C@H]1/C(=C\c2ccccc2)C(=O)c2ccccc21. The summed E-state index contributed by atoms with van der Waals surface area (Å²) in [4.78, 5) is 24.2. The zero-order valence-corrected chi connectivity index (χ0v) is 11.9. The minimum atomic E-state index is -0.119. The summed E-state index contributed by atoms with van der Waals surface area (Å²) in [5.41, 5.74) is 3.41. The highest BCUT2D eigenvalue weighted by atomic mass is 16.1. The van der Waals surface area contributed by atoms with Gasteiger partial charge in [0.15, 0.2) is 5.78 Å². The largest absolute Gasteiger partial charge is 0.300 e. The highest BCUT2D eigenvalue weighted by Crippen LogP contribution is 2.40. The molecule has 2 heteroatoms. The van der Waals surface area contributed by atoms with E-state index in [9.17, 15) is 9.59 Å². The third kappa shape index (κ3) is 2.57. The molecule has 0 spiro atoms. The van der Waals surface area contributed by atoms with Crippen LogP contribution in [0.4, 0.5) is 0 Å². The highest BCUT2D eigenvalue weighted by Gasteiger charge is 2.34. The number of hydrogen-bond donors (Lipinski definition) is 0. The standard InChI is InChI=1S/C19H16O2/c1-13(20)11-17-15-9-5-6-10-16(15)19(21)18(17)12-14-7-3-2-4-8-14/h2-10,12,17H,11H2,1H3/b18-12+/t17-/m1/s1. The van der Waals surface area contributed by atoms with E-state index in [1.54, 1.807) is 6.92 Å². The Morgan fingerprint density at radius 3 is 2.43 bits per heavy atom. The molecule has 0 aromatic heterocycles. The Bertz CT molecular complexity index is 726. The number of carbonyl (C=O) groups excluding carboxylic acids is 2. The van der Waals surface area contributed by atoms with Crippen LogP contribution in [0.2, 0.25) is 0 Å². The van der Waals surface area contributed by atoms with Crippen molar-refractivity contribution >= 4 is 17.6 Å². The first-order valence-corrected chi connectivity index (χ1v) is 7.06. The molecule has 2 aromatic carbocycles. The number of carbonyl (C=O) groups is 2. The summed E-state index contributed by atoms with van der Waals surface area (Å²) in [5.74, 6) is 0.0237. The molecule has 0 aliphatic heterocycles. The Morgan fingerprint density at radius 2 is 1.71 bits per heavy atom. The van der Waals surface area contributed by atoms with Gasteiger partial charge in [0.1, 0.15) is 5.78 Å². The van der Waals surface area contributed by atoms with Crippen LogP contribution in [0.15, 0.2) is 60.2 Å². The molecule has 0 radical (unpaired) electrons. The molecule has 1 atom stereocenters. The molecule has 2 aromatic rings. The molecule has 21 heavy (non-hydrogen) atoms. The molecule has 0 amide bonds. The van der Waals surface area contributed by atoms with E-state index in [1.807, 2.05) is 60.7 Å². The molecule has 2 nitrogen and oxygen atoms in total. The first-order valence-electron chi connectivity index (χ1n) is 7.06. The highest BCUT2D eigenvalue weighted by molar-refractivity contribution is 6.17. The molecule has 0 saturated heterocycles. The van der Waals surface area contributed by atoms with E-state index in [2.05, 4.69) is 0 Å². The minimum Gasteiger partial charge on any atom is -0.300 e. The van der Waals surface area contributed by atoms with E-state index in [-0.39, 0.29) is 17.5 Å². The summed E-state index contributed by atoms with van der Waals surface area (Å²) in [5, 5.41) is 0. The van der Waals surface area contributed by atoms with Crippen LogP contribution in [-0.4, -0.2) is 11.6 Å². The second-order valence-corrected chi connectivity index (χ2v) is 5.39. The smallest absolute Gasteiger partial charge is 0.189 e. The predicted molar refractivity (Wildman–Crippen MR) is 83.2 cm³/mol. The first kappa shape index (κ1) is 13.5. The fourth-order valence-corrected chi connectivity index (χ4v) is 2.89. The summed E-state index contributed by atoms with van der Waals surface area (Å²) < 4.78 is 0. The average molecular weight is 276 g/mol. The minimum absolute atomic E-state index is 0.0423. The fourth-order valence-electron chi connectivity index (χ4n) is 2.89. The maximum atomic E-state index is 12.6. The lowest BCUT2D eigenvalue weighted by Crippen LogP contribution is -2.05. The molecule has 1 aliphatic carbocycles. The van der Waals surface area contributed by atoms with E-state index < -0.39 is 0 Å². The van der Waals surface area contributed by atoms with Crippen LogP contribution >= 0.6 is 0 Å². The molecule has 0 saturated carbocycles. The van der Waals surface area contributed by atoms with Gasteiger partial charge in [-0.1, -0.05) is 54.6 Å². The van der Waals surface area contributed by atoms with Crippen molar-refractivity contribution in [3.63, 3.8) is 0 Å². The van der Waals surface area contributed by atoms with Crippen molar-refractivity contribution in [3.8, 4) is 0 Å². The summed E-state index contributed by atoms with van der Waals surface area (Å²) >= 11 is 0. The second-order valence-electron chi connectivity index (χ2n) is 5.39. The third-order valence-electron chi connectivity index (χ3n) is 3.83. The number of Topliss-reactive ketones (excluding diaryl/α,β-unsaturated/α-hetero) is 2. The molecular formula is C19H16O2. The third-order valence-corrected chi connectivity index (χ3v) is 3.83. The van der Waals surface area contributed by atoms with Gasteiger partial charge in [-0.05, 0) is 24.1 Å².